The third-order valence-corrected chi connectivity index (χ3v) is 4.50. The van der Waals surface area contributed by atoms with E-state index in [9.17, 15) is 9.59 Å². The molecule has 7 heteroatoms. The summed E-state index contributed by atoms with van der Waals surface area (Å²) in [5.74, 6) is 0.202. The summed E-state index contributed by atoms with van der Waals surface area (Å²) < 4.78 is 10.8. The molecule has 1 amide bonds. The Labute approximate surface area is 149 Å². The number of ether oxygens (including phenoxy) is 1. The van der Waals surface area contributed by atoms with Gasteiger partial charge in [0.15, 0.2) is 12.2 Å². The molecule has 0 atom stereocenters. The van der Waals surface area contributed by atoms with Gasteiger partial charge < -0.3 is 19.0 Å². The average molecular weight is 353 g/mol. The van der Waals surface area contributed by atoms with Crippen molar-refractivity contribution in [1.29, 1.82) is 0 Å². The molecule has 1 aliphatic heterocycles. The highest BCUT2D eigenvalue weighted by molar-refractivity contribution is 5.86. The third kappa shape index (κ3) is 3.28. The molecule has 1 fully saturated rings. The molecule has 0 saturated carbocycles. The number of fused-ring (bicyclic) bond motifs is 1. The monoisotopic (exact) mass is 353 g/mol. The summed E-state index contributed by atoms with van der Waals surface area (Å²) in [7, 11) is 0. The number of oxazole rings is 1. The van der Waals surface area contributed by atoms with Gasteiger partial charge >= 0.3 is 5.76 Å². The lowest BCUT2D eigenvalue weighted by atomic mass is 10.2. The zero-order chi connectivity index (χ0) is 17.9. The molecule has 1 saturated heterocycles. The zero-order valence-corrected chi connectivity index (χ0v) is 14.2. The van der Waals surface area contributed by atoms with E-state index in [0.717, 1.165) is 5.69 Å². The minimum atomic E-state index is -0.459. The molecule has 0 unspecified atom stereocenters. The van der Waals surface area contributed by atoms with Crippen molar-refractivity contribution in [2.75, 3.05) is 37.7 Å². The van der Waals surface area contributed by atoms with Gasteiger partial charge in [0.2, 0.25) is 0 Å². The molecule has 1 aliphatic rings. The van der Waals surface area contributed by atoms with Crippen LogP contribution in [-0.2, 0) is 4.79 Å². The quantitative estimate of drug-likeness (QED) is 0.774. The minimum absolute atomic E-state index is 0.0279. The second-order valence-electron chi connectivity index (χ2n) is 6.14. The number of hydrogen-bond donors (Lipinski definition) is 1. The van der Waals surface area contributed by atoms with Crippen LogP contribution in [0.25, 0.3) is 11.1 Å². The number of benzene rings is 2. The van der Waals surface area contributed by atoms with Gasteiger partial charge in [-0.3, -0.25) is 9.78 Å². The normalized spacial score (nSPS) is 14.6. The van der Waals surface area contributed by atoms with E-state index in [-0.39, 0.29) is 12.5 Å². The number of carbonyl (C=O) groups is 1. The Morgan fingerprint density at radius 2 is 1.81 bits per heavy atom. The molecule has 0 bridgehead atoms. The Bertz CT molecular complexity index is 956. The number of rotatable bonds is 4. The highest BCUT2D eigenvalue weighted by Gasteiger charge is 2.23. The fourth-order valence-corrected chi connectivity index (χ4v) is 3.16. The largest absolute Gasteiger partial charge is 0.484 e. The van der Waals surface area contributed by atoms with E-state index in [1.54, 1.807) is 4.90 Å². The molecule has 0 radical (unpaired) electrons. The number of hydrogen-bond acceptors (Lipinski definition) is 5. The van der Waals surface area contributed by atoms with Crippen LogP contribution in [0.1, 0.15) is 0 Å². The first-order valence-corrected chi connectivity index (χ1v) is 8.53. The van der Waals surface area contributed by atoms with Crippen molar-refractivity contribution in [2.24, 2.45) is 0 Å². The van der Waals surface area contributed by atoms with Crippen LogP contribution in [0.5, 0.6) is 5.75 Å². The smallest absolute Gasteiger partial charge is 0.417 e. The highest BCUT2D eigenvalue weighted by atomic mass is 16.5. The Hall–Kier alpha value is -3.22. The molecule has 26 heavy (non-hydrogen) atoms. The van der Waals surface area contributed by atoms with Crippen molar-refractivity contribution in [2.45, 2.75) is 0 Å². The number of aromatic nitrogens is 1. The van der Waals surface area contributed by atoms with E-state index in [4.69, 9.17) is 9.15 Å². The maximum atomic E-state index is 12.3. The number of aromatic amines is 1. The first-order chi connectivity index (χ1) is 12.7. The van der Waals surface area contributed by atoms with Gasteiger partial charge in [0.1, 0.15) is 5.75 Å². The molecule has 1 N–H and O–H groups in total. The van der Waals surface area contributed by atoms with Crippen LogP contribution in [0.2, 0.25) is 0 Å². The molecule has 0 spiro atoms. The molecule has 3 aromatic rings. The molecule has 134 valence electrons. The van der Waals surface area contributed by atoms with Crippen molar-refractivity contribution in [3.8, 4) is 5.75 Å². The van der Waals surface area contributed by atoms with E-state index in [2.05, 4.69) is 9.88 Å². The predicted molar refractivity (Wildman–Crippen MR) is 97.6 cm³/mol. The van der Waals surface area contributed by atoms with Gasteiger partial charge in [0, 0.05) is 26.2 Å². The van der Waals surface area contributed by atoms with Gasteiger partial charge in [-0.05, 0) is 24.3 Å². The average Bonchev–Trinajstić information content (AvgIpc) is 3.07. The lowest BCUT2D eigenvalue weighted by Gasteiger charge is -2.35. The van der Waals surface area contributed by atoms with Crippen LogP contribution >= 0.6 is 0 Å². The lowest BCUT2D eigenvalue weighted by molar-refractivity contribution is -0.133. The second kappa shape index (κ2) is 6.95. The van der Waals surface area contributed by atoms with Crippen LogP contribution in [0.4, 0.5) is 5.69 Å². The van der Waals surface area contributed by atoms with E-state index >= 15 is 0 Å². The molecule has 4 rings (SSSR count). The summed E-state index contributed by atoms with van der Waals surface area (Å²) in [6.07, 6.45) is 0. The number of anilines is 1. The predicted octanol–water partition coefficient (Wildman–Crippen LogP) is 1.85. The Morgan fingerprint density at radius 3 is 2.58 bits per heavy atom. The van der Waals surface area contributed by atoms with Gasteiger partial charge in [0.05, 0.1) is 11.2 Å². The van der Waals surface area contributed by atoms with Gasteiger partial charge in [-0.25, -0.2) is 4.79 Å². The molecule has 2 heterocycles. The van der Waals surface area contributed by atoms with E-state index < -0.39 is 5.76 Å². The number of piperazine rings is 1. The molecular weight excluding hydrogens is 334 g/mol. The first-order valence-electron chi connectivity index (χ1n) is 8.53. The van der Waals surface area contributed by atoms with Crippen LogP contribution in [0, 0.1) is 0 Å². The Kier molecular flexibility index (Phi) is 4.35. The molecule has 1 aromatic heterocycles. The standard InChI is InChI=1S/C19H19N3O4/c23-17(13-25-14-5-2-1-3-6-14)22-11-9-21(10-12-22)16-8-4-7-15-18(16)26-19(24)20-15/h1-8H,9-13H2,(H,20,24). The summed E-state index contributed by atoms with van der Waals surface area (Å²) in [6, 6.07) is 14.9. The second-order valence-corrected chi connectivity index (χ2v) is 6.14. The van der Waals surface area contributed by atoms with Gasteiger partial charge in [-0.2, -0.15) is 0 Å². The van der Waals surface area contributed by atoms with Crippen LogP contribution in [-0.4, -0.2) is 48.6 Å². The van der Waals surface area contributed by atoms with Crippen LogP contribution in [0.3, 0.4) is 0 Å². The number of nitrogens with one attached hydrogen (secondary N) is 1. The number of para-hydroxylation sites is 2. The zero-order valence-electron chi connectivity index (χ0n) is 14.2. The number of nitrogens with zero attached hydrogens (tertiary/aromatic N) is 2. The number of amides is 1. The van der Waals surface area contributed by atoms with Crippen LogP contribution < -0.4 is 15.4 Å². The van der Waals surface area contributed by atoms with Crippen molar-refractivity contribution in [3.63, 3.8) is 0 Å². The van der Waals surface area contributed by atoms with E-state index in [0.29, 0.717) is 43.0 Å². The lowest BCUT2D eigenvalue weighted by Crippen LogP contribution is -2.50. The molecule has 7 nitrogen and oxygen atoms in total. The summed E-state index contributed by atoms with van der Waals surface area (Å²) in [4.78, 5) is 30.4. The molecule has 2 aromatic carbocycles. The third-order valence-electron chi connectivity index (χ3n) is 4.50. The number of carbonyl (C=O) groups excluding carboxylic acids is 1. The Morgan fingerprint density at radius 1 is 1.04 bits per heavy atom. The fourth-order valence-electron chi connectivity index (χ4n) is 3.16. The van der Waals surface area contributed by atoms with Crippen molar-refractivity contribution in [3.05, 3.63) is 59.1 Å². The first kappa shape index (κ1) is 16.3. The summed E-state index contributed by atoms with van der Waals surface area (Å²) in [5, 5.41) is 0. The van der Waals surface area contributed by atoms with E-state index in [1.807, 2.05) is 48.5 Å². The maximum Gasteiger partial charge on any atom is 0.417 e. The van der Waals surface area contributed by atoms with Crippen LogP contribution in [0.15, 0.2) is 57.7 Å². The summed E-state index contributed by atoms with van der Waals surface area (Å²) in [5.41, 5.74) is 2.11. The maximum absolute atomic E-state index is 12.3. The SMILES string of the molecule is O=C(COc1ccccc1)N1CCN(c2cccc3[nH]c(=O)oc23)CC1. The minimum Gasteiger partial charge on any atom is -0.484 e. The van der Waals surface area contributed by atoms with Gasteiger partial charge in [-0.15, -0.1) is 0 Å². The topological polar surface area (TPSA) is 78.8 Å². The summed E-state index contributed by atoms with van der Waals surface area (Å²) in [6.45, 7) is 2.58. The number of H-pyrrole nitrogens is 1. The van der Waals surface area contributed by atoms with Crippen molar-refractivity contribution >= 4 is 22.7 Å². The van der Waals surface area contributed by atoms with Crippen molar-refractivity contribution in [1.82, 2.24) is 9.88 Å². The summed E-state index contributed by atoms with van der Waals surface area (Å²) >= 11 is 0. The van der Waals surface area contributed by atoms with Gasteiger partial charge in [-0.1, -0.05) is 24.3 Å². The van der Waals surface area contributed by atoms with Crippen molar-refractivity contribution < 1.29 is 13.9 Å². The highest BCUT2D eigenvalue weighted by Crippen LogP contribution is 2.25. The van der Waals surface area contributed by atoms with E-state index in [1.165, 1.54) is 0 Å². The molecule has 0 aliphatic carbocycles. The van der Waals surface area contributed by atoms with Gasteiger partial charge in [0.25, 0.3) is 5.91 Å². The molecular formula is C19H19N3O4. The fraction of sp³-hybridized carbons (Fsp3) is 0.263. The Balaban J connectivity index is 1.37.